The minimum Gasteiger partial charge on any atom is -0.383 e. The molecule has 0 unspecified atom stereocenters. The first kappa shape index (κ1) is 22.4. The van der Waals surface area contributed by atoms with E-state index in [0.717, 1.165) is 42.5 Å². The molecule has 0 atom stereocenters. The zero-order chi connectivity index (χ0) is 20.9. The van der Waals surface area contributed by atoms with Crippen LogP contribution in [0.4, 0.5) is 0 Å². The summed E-state index contributed by atoms with van der Waals surface area (Å²) in [6.45, 7) is 9.42. The van der Waals surface area contributed by atoms with Crippen LogP contribution in [-0.2, 0) is 20.8 Å². The van der Waals surface area contributed by atoms with Crippen molar-refractivity contribution < 1.29 is 14.3 Å². The average molecular weight is 441 g/mol. The molecule has 29 heavy (non-hydrogen) atoms. The molecule has 1 saturated heterocycles. The molecule has 0 bridgehead atoms. The van der Waals surface area contributed by atoms with Crippen LogP contribution in [0.15, 0.2) is 23.4 Å². The number of fused-ring (bicyclic) bond motifs is 1. The number of benzene rings is 1. The number of carbonyl (C=O) groups excluding carboxylic acids is 1. The summed E-state index contributed by atoms with van der Waals surface area (Å²) in [5, 5.41) is 4.51. The molecule has 3 rings (SSSR count). The van der Waals surface area contributed by atoms with E-state index in [1.54, 1.807) is 7.11 Å². The molecule has 1 aromatic carbocycles. The standard InChI is InChI=1S/C20H29ClN4O3S/c1-20(2,24-6-10-28-11-7-24)14-22-18(26)13-29-19-23-16-12-15(21)4-5-17(16)25(19)8-9-27-3/h4-5,12H,6-11,13-14H2,1-3H3,(H,22,26). The summed E-state index contributed by atoms with van der Waals surface area (Å²) in [6, 6.07) is 5.65. The molecule has 0 saturated carbocycles. The van der Waals surface area contributed by atoms with E-state index >= 15 is 0 Å². The van der Waals surface area contributed by atoms with Gasteiger partial charge in [0.05, 0.1) is 36.6 Å². The van der Waals surface area contributed by atoms with Crippen molar-refractivity contribution in [3.63, 3.8) is 0 Å². The highest BCUT2D eigenvalue weighted by Gasteiger charge is 2.28. The number of halogens is 1. The number of morpholine rings is 1. The van der Waals surface area contributed by atoms with Gasteiger partial charge in [-0.2, -0.15) is 0 Å². The highest BCUT2D eigenvalue weighted by molar-refractivity contribution is 7.99. The Morgan fingerprint density at radius 2 is 2.14 bits per heavy atom. The lowest BCUT2D eigenvalue weighted by atomic mass is 10.0. The van der Waals surface area contributed by atoms with E-state index in [4.69, 9.17) is 21.1 Å². The van der Waals surface area contributed by atoms with Crippen molar-refractivity contribution >= 4 is 40.3 Å². The van der Waals surface area contributed by atoms with Gasteiger partial charge in [0.25, 0.3) is 0 Å². The van der Waals surface area contributed by atoms with Crippen molar-refractivity contribution in [2.45, 2.75) is 31.1 Å². The number of thioether (sulfide) groups is 1. The molecule has 0 aliphatic carbocycles. The van der Waals surface area contributed by atoms with E-state index in [2.05, 4.69) is 33.6 Å². The van der Waals surface area contributed by atoms with Crippen LogP contribution >= 0.6 is 23.4 Å². The molecule has 1 aromatic heterocycles. The molecule has 1 fully saturated rings. The summed E-state index contributed by atoms with van der Waals surface area (Å²) in [4.78, 5) is 19.5. The van der Waals surface area contributed by atoms with Gasteiger partial charge in [0.1, 0.15) is 0 Å². The highest BCUT2D eigenvalue weighted by atomic mass is 35.5. The average Bonchev–Trinajstić information content (AvgIpc) is 3.06. The number of nitrogens with zero attached hydrogens (tertiary/aromatic N) is 3. The first-order chi connectivity index (χ1) is 13.9. The third kappa shape index (κ3) is 5.86. The first-order valence-corrected chi connectivity index (χ1v) is 11.1. The van der Waals surface area contributed by atoms with Crippen molar-refractivity contribution in [1.29, 1.82) is 0 Å². The predicted octanol–water partition coefficient (Wildman–Crippen LogP) is 2.66. The Morgan fingerprint density at radius 1 is 1.38 bits per heavy atom. The summed E-state index contributed by atoms with van der Waals surface area (Å²) in [5.41, 5.74) is 1.71. The van der Waals surface area contributed by atoms with E-state index in [1.807, 2.05) is 18.2 Å². The van der Waals surface area contributed by atoms with Gasteiger partial charge in [-0.25, -0.2) is 4.98 Å². The molecule has 2 heterocycles. The molecule has 2 aromatic rings. The van der Waals surface area contributed by atoms with Gasteiger partial charge in [-0.05, 0) is 32.0 Å². The van der Waals surface area contributed by atoms with Crippen LogP contribution in [0, 0.1) is 0 Å². The van der Waals surface area contributed by atoms with Gasteiger partial charge >= 0.3 is 0 Å². The summed E-state index contributed by atoms with van der Waals surface area (Å²) in [6.07, 6.45) is 0. The van der Waals surface area contributed by atoms with Crippen LogP contribution in [0.5, 0.6) is 0 Å². The van der Waals surface area contributed by atoms with Crippen LogP contribution < -0.4 is 5.32 Å². The topological polar surface area (TPSA) is 68.6 Å². The quantitative estimate of drug-likeness (QED) is 0.604. The SMILES string of the molecule is COCCn1c(SCC(=O)NCC(C)(C)N2CCOCC2)nc2cc(Cl)ccc21. The summed E-state index contributed by atoms with van der Waals surface area (Å²) in [5.74, 6) is 0.308. The lowest BCUT2D eigenvalue weighted by molar-refractivity contribution is -0.119. The number of carbonyl (C=O) groups is 1. The number of methoxy groups -OCH3 is 1. The van der Waals surface area contributed by atoms with Crippen LogP contribution in [0.25, 0.3) is 11.0 Å². The van der Waals surface area contributed by atoms with Crippen molar-refractivity contribution in [1.82, 2.24) is 19.8 Å². The van der Waals surface area contributed by atoms with E-state index in [0.29, 0.717) is 30.5 Å². The van der Waals surface area contributed by atoms with Gasteiger partial charge < -0.3 is 19.4 Å². The zero-order valence-corrected chi connectivity index (χ0v) is 18.8. The fourth-order valence-corrected chi connectivity index (χ4v) is 4.40. The number of ether oxygens (including phenoxy) is 2. The number of aromatic nitrogens is 2. The molecule has 1 aliphatic heterocycles. The van der Waals surface area contributed by atoms with Crippen molar-refractivity contribution in [2.75, 3.05) is 52.3 Å². The Morgan fingerprint density at radius 3 is 2.86 bits per heavy atom. The maximum absolute atomic E-state index is 12.5. The normalized spacial score (nSPS) is 15.7. The van der Waals surface area contributed by atoms with E-state index in [9.17, 15) is 4.79 Å². The van der Waals surface area contributed by atoms with Gasteiger partial charge in [-0.3, -0.25) is 9.69 Å². The summed E-state index contributed by atoms with van der Waals surface area (Å²) in [7, 11) is 1.67. The number of rotatable bonds is 9. The lowest BCUT2D eigenvalue weighted by Crippen LogP contribution is -2.55. The van der Waals surface area contributed by atoms with Crippen molar-refractivity contribution in [2.24, 2.45) is 0 Å². The van der Waals surface area contributed by atoms with Gasteiger partial charge in [-0.1, -0.05) is 23.4 Å². The zero-order valence-electron chi connectivity index (χ0n) is 17.2. The van der Waals surface area contributed by atoms with E-state index in [1.165, 1.54) is 11.8 Å². The molecule has 1 N–H and O–H groups in total. The minimum atomic E-state index is -0.105. The molecular weight excluding hydrogens is 412 g/mol. The first-order valence-electron chi connectivity index (χ1n) is 9.78. The minimum absolute atomic E-state index is 0.000264. The smallest absolute Gasteiger partial charge is 0.230 e. The predicted molar refractivity (Wildman–Crippen MR) is 117 cm³/mol. The maximum atomic E-state index is 12.5. The second-order valence-corrected chi connectivity index (χ2v) is 9.03. The van der Waals surface area contributed by atoms with Crippen molar-refractivity contribution in [3.8, 4) is 0 Å². The largest absolute Gasteiger partial charge is 0.383 e. The second-order valence-electron chi connectivity index (χ2n) is 7.65. The Labute approximate surface area is 181 Å². The Bertz CT molecular complexity index is 836. The molecule has 0 spiro atoms. The number of nitrogens with one attached hydrogen (secondary N) is 1. The number of imidazole rings is 1. The Balaban J connectivity index is 1.59. The Hall–Kier alpha value is -1.32. The fourth-order valence-electron chi connectivity index (χ4n) is 3.37. The van der Waals surface area contributed by atoms with E-state index < -0.39 is 0 Å². The number of hydrogen-bond acceptors (Lipinski definition) is 6. The molecule has 7 nitrogen and oxygen atoms in total. The molecule has 9 heteroatoms. The van der Waals surface area contributed by atoms with Crippen LogP contribution in [0.2, 0.25) is 5.02 Å². The lowest BCUT2D eigenvalue weighted by Gasteiger charge is -2.40. The van der Waals surface area contributed by atoms with Gasteiger partial charge in [0.2, 0.25) is 5.91 Å². The summed E-state index contributed by atoms with van der Waals surface area (Å²) < 4.78 is 12.7. The number of hydrogen-bond donors (Lipinski definition) is 1. The van der Waals surface area contributed by atoms with Gasteiger partial charge in [0.15, 0.2) is 5.16 Å². The maximum Gasteiger partial charge on any atom is 0.230 e. The van der Waals surface area contributed by atoms with Crippen LogP contribution in [0.1, 0.15) is 13.8 Å². The summed E-state index contributed by atoms with van der Waals surface area (Å²) >= 11 is 7.53. The van der Waals surface area contributed by atoms with E-state index in [-0.39, 0.29) is 11.4 Å². The molecule has 1 aliphatic rings. The highest BCUT2D eigenvalue weighted by Crippen LogP contribution is 2.26. The number of amides is 1. The van der Waals surface area contributed by atoms with Crippen LogP contribution in [0.3, 0.4) is 0 Å². The molecule has 1 amide bonds. The monoisotopic (exact) mass is 440 g/mol. The van der Waals surface area contributed by atoms with Gasteiger partial charge in [0, 0.05) is 43.9 Å². The van der Waals surface area contributed by atoms with Crippen LogP contribution in [-0.4, -0.2) is 78.2 Å². The molecule has 0 radical (unpaired) electrons. The van der Waals surface area contributed by atoms with Gasteiger partial charge in [-0.15, -0.1) is 0 Å². The fraction of sp³-hybridized carbons (Fsp3) is 0.600. The molecule has 160 valence electrons. The molecular formula is C20H29ClN4O3S. The second kappa shape index (κ2) is 10.1. The van der Waals surface area contributed by atoms with Crippen molar-refractivity contribution in [3.05, 3.63) is 23.2 Å². The third-order valence-corrected chi connectivity index (χ3v) is 6.32. The third-order valence-electron chi connectivity index (χ3n) is 5.11. The Kier molecular flexibility index (Phi) is 7.81.